The molecule has 0 spiro atoms. The van der Waals surface area contributed by atoms with Gasteiger partial charge in [0.2, 0.25) is 0 Å². The molecule has 5 nitrogen and oxygen atoms in total. The lowest BCUT2D eigenvalue weighted by molar-refractivity contribution is -0.461. The van der Waals surface area contributed by atoms with Crippen molar-refractivity contribution in [3.05, 3.63) is 53.6 Å². The molecule has 58 heavy (non-hydrogen) atoms. The molecule has 0 aromatic heterocycles. The molecule has 0 heterocycles. The van der Waals surface area contributed by atoms with Crippen LogP contribution < -0.4 is 4.74 Å². The van der Waals surface area contributed by atoms with Crippen LogP contribution in [0.15, 0.2) is 48.1 Å². The fraction of sp³-hybridized carbons (Fsp3) is 0.686. The van der Waals surface area contributed by atoms with E-state index >= 15 is 0 Å². The van der Waals surface area contributed by atoms with Crippen LogP contribution in [0.2, 0.25) is 17.1 Å². The van der Waals surface area contributed by atoms with Crippen LogP contribution in [0.25, 0.3) is 0 Å². The first-order valence-corrected chi connectivity index (χ1v) is 19.5. The second-order valence-corrected chi connectivity index (χ2v) is 18.9. The van der Waals surface area contributed by atoms with E-state index in [0.717, 1.165) is 0 Å². The van der Waals surface area contributed by atoms with Crippen molar-refractivity contribution in [1.82, 2.24) is 0 Å². The number of halogens is 17. The highest BCUT2D eigenvalue weighted by molar-refractivity contribution is 6.76. The van der Waals surface area contributed by atoms with E-state index in [1.54, 1.807) is 26.8 Å². The van der Waals surface area contributed by atoms with Gasteiger partial charge in [-0.05, 0) is 48.7 Å². The lowest BCUT2D eigenvalue weighted by atomic mass is 9.88. The van der Waals surface area contributed by atoms with Gasteiger partial charge in [0, 0.05) is 18.4 Å². The van der Waals surface area contributed by atoms with Gasteiger partial charge >= 0.3 is 53.6 Å². The summed E-state index contributed by atoms with van der Waals surface area (Å²) in [5, 5.41) is 10.8. The van der Waals surface area contributed by atoms with Gasteiger partial charge in [-0.25, -0.2) is 4.79 Å². The van der Waals surface area contributed by atoms with Crippen LogP contribution in [0.1, 0.15) is 66.6 Å². The third-order valence-electron chi connectivity index (χ3n) is 9.59. The second kappa shape index (κ2) is 18.7. The Hall–Kier alpha value is -3.08. The topological polar surface area (TPSA) is 65.0 Å². The van der Waals surface area contributed by atoms with Gasteiger partial charge in [-0.2, -0.15) is 74.6 Å². The zero-order chi connectivity index (χ0) is 45.7. The van der Waals surface area contributed by atoms with Gasteiger partial charge < -0.3 is 19.0 Å². The summed E-state index contributed by atoms with van der Waals surface area (Å²) in [6.45, 7) is 9.69. The van der Waals surface area contributed by atoms with Gasteiger partial charge in [-0.15, -0.1) is 0 Å². The third-order valence-corrected chi connectivity index (χ3v) is 15.3. The monoisotopic (exact) mass is 894 g/mol. The number of esters is 1. The maximum absolute atomic E-state index is 14.9. The molecule has 1 aromatic carbocycles. The van der Waals surface area contributed by atoms with E-state index in [4.69, 9.17) is 13.9 Å². The van der Waals surface area contributed by atoms with Gasteiger partial charge in [-0.1, -0.05) is 64.5 Å². The lowest BCUT2D eigenvalue weighted by Crippen LogP contribution is -2.74. The van der Waals surface area contributed by atoms with Crippen LogP contribution in [0, 0.1) is 5.92 Å². The van der Waals surface area contributed by atoms with Crippen LogP contribution in [0.3, 0.4) is 0 Å². The van der Waals surface area contributed by atoms with Crippen molar-refractivity contribution in [2.24, 2.45) is 5.92 Å². The molecular weight excluding hydrogens is 851 g/mol. The number of hydrogen-bond donors (Lipinski definition) is 1. The first kappa shape index (κ1) is 52.9. The molecule has 0 radical (unpaired) electrons. The fourth-order valence-electron chi connectivity index (χ4n) is 5.67. The number of ether oxygens (including phenoxy) is 2. The van der Waals surface area contributed by atoms with Crippen molar-refractivity contribution in [1.29, 1.82) is 0 Å². The van der Waals surface area contributed by atoms with Crippen molar-refractivity contribution in [2.45, 2.75) is 126 Å². The molecule has 0 unspecified atom stereocenters. The summed E-state index contributed by atoms with van der Waals surface area (Å²) in [7, 11) is -3.95. The Bertz CT molecular complexity index is 1550. The summed E-state index contributed by atoms with van der Waals surface area (Å²) in [5.74, 6) is -57.5. The molecule has 0 aliphatic carbocycles. The quantitative estimate of drug-likeness (QED) is 0.0314. The van der Waals surface area contributed by atoms with E-state index in [1.165, 1.54) is 64.1 Å². The molecule has 0 aliphatic heterocycles. The molecule has 1 rings (SSSR count). The maximum Gasteiger partial charge on any atom is 0.460 e. The van der Waals surface area contributed by atoms with E-state index in [2.05, 4.69) is 0 Å². The summed E-state index contributed by atoms with van der Waals surface area (Å²) >= 11 is 0. The molecule has 1 aromatic rings. The van der Waals surface area contributed by atoms with Gasteiger partial charge in [0.15, 0.2) is 8.32 Å². The normalized spacial score (nSPS) is 16.0. The standard InChI is InChI=1S/C35H43F17O5Si/c1-8-55-26(53)11-9-10-22(6)23(7)27(54)24-12-14-25(15-13-24)56-17-18-57-58(20(2)3,21(4)5)19-16-28(36,37)29(38,39)30(40,41)31(42,43)32(44,45)33(46,47)34(48,49)35(50,51)52/h9-15,20-21,23,27,54H,8,16-19H2,1-7H3/b11-9+,22-10+/t23-,27-/m1/s1. The first-order chi connectivity index (χ1) is 26.0. The second-order valence-electron chi connectivity index (χ2n) is 13.9. The van der Waals surface area contributed by atoms with Crippen molar-refractivity contribution in [3.8, 4) is 5.75 Å². The van der Waals surface area contributed by atoms with Crippen LogP contribution in [-0.2, 0) is 14.0 Å². The molecule has 0 aliphatic rings. The first-order valence-electron chi connectivity index (χ1n) is 17.3. The predicted molar refractivity (Wildman–Crippen MR) is 178 cm³/mol. The number of alkyl halides is 17. The van der Waals surface area contributed by atoms with Crippen LogP contribution >= 0.6 is 0 Å². The molecule has 0 bridgehead atoms. The average molecular weight is 895 g/mol. The minimum Gasteiger partial charge on any atom is -0.491 e. The smallest absolute Gasteiger partial charge is 0.460 e. The third kappa shape index (κ3) is 10.3. The number of hydrogen-bond acceptors (Lipinski definition) is 5. The highest BCUT2D eigenvalue weighted by Gasteiger charge is 2.95. The van der Waals surface area contributed by atoms with Crippen LogP contribution in [0.5, 0.6) is 5.75 Å². The van der Waals surface area contributed by atoms with Crippen molar-refractivity contribution < 1.29 is 98.4 Å². The van der Waals surface area contributed by atoms with Crippen molar-refractivity contribution in [2.75, 3.05) is 19.8 Å². The van der Waals surface area contributed by atoms with Crippen molar-refractivity contribution >= 4 is 14.3 Å². The van der Waals surface area contributed by atoms with Crippen LogP contribution in [0.4, 0.5) is 74.6 Å². The van der Waals surface area contributed by atoms with E-state index in [-0.39, 0.29) is 19.0 Å². The number of aliphatic hydroxyl groups excluding tert-OH is 1. The number of allylic oxidation sites excluding steroid dienone is 2. The largest absolute Gasteiger partial charge is 0.491 e. The molecule has 2 atom stereocenters. The van der Waals surface area contributed by atoms with E-state index in [9.17, 15) is 84.5 Å². The summed E-state index contributed by atoms with van der Waals surface area (Å²) in [5.41, 5.74) is -0.582. The number of carbonyl (C=O) groups is 1. The highest BCUT2D eigenvalue weighted by Crippen LogP contribution is 2.64. The van der Waals surface area contributed by atoms with E-state index < -0.39 is 104 Å². The molecule has 0 saturated heterocycles. The SMILES string of the molecule is CCOC(=O)/C=C/C=C(\C)[C@@H](C)[C@@H](O)c1ccc(OCCO[Si](CCC(F)(F)C(F)(F)C(F)(F)C(F)(F)C(F)(F)C(F)(F)C(F)(F)C(F)(F)F)(C(C)C)C(C)C)cc1. The Morgan fingerprint density at radius 1 is 0.707 bits per heavy atom. The summed E-state index contributed by atoms with van der Waals surface area (Å²) < 4.78 is 250. The average Bonchev–Trinajstić information content (AvgIpc) is 3.09. The maximum atomic E-state index is 14.9. The molecule has 336 valence electrons. The Kier molecular flexibility index (Phi) is 17.0. The minimum absolute atomic E-state index is 0.169. The Labute approximate surface area is 323 Å². The number of carbonyl (C=O) groups excluding carboxylic acids is 1. The van der Waals surface area contributed by atoms with Gasteiger partial charge in [-0.3, -0.25) is 0 Å². The summed E-state index contributed by atoms with van der Waals surface area (Å²) in [4.78, 5) is 11.5. The number of aliphatic hydroxyl groups is 1. The molecule has 0 saturated carbocycles. The van der Waals surface area contributed by atoms with Gasteiger partial charge in [0.05, 0.1) is 19.3 Å². The van der Waals surface area contributed by atoms with E-state index in [0.29, 0.717) is 11.1 Å². The number of benzene rings is 1. The zero-order valence-electron chi connectivity index (χ0n) is 31.9. The molecular formula is C35H43F17O5Si. The fourth-order valence-corrected chi connectivity index (χ4v) is 10.1. The Morgan fingerprint density at radius 3 is 1.59 bits per heavy atom. The zero-order valence-corrected chi connectivity index (χ0v) is 32.9. The molecule has 1 N–H and O–H groups in total. The molecule has 0 fully saturated rings. The van der Waals surface area contributed by atoms with Gasteiger partial charge in [0.1, 0.15) is 12.4 Å². The Morgan fingerprint density at radius 2 is 1.16 bits per heavy atom. The predicted octanol–water partition coefficient (Wildman–Crippen LogP) is 12.0. The Balaban J connectivity index is 3.20. The van der Waals surface area contributed by atoms with Crippen LogP contribution in [-0.4, -0.2) is 86.8 Å². The van der Waals surface area contributed by atoms with E-state index in [1.807, 2.05) is 0 Å². The van der Waals surface area contributed by atoms with Gasteiger partial charge in [0.25, 0.3) is 0 Å². The lowest BCUT2D eigenvalue weighted by Gasteiger charge is -2.44. The van der Waals surface area contributed by atoms with Crippen molar-refractivity contribution in [3.63, 3.8) is 0 Å². The summed E-state index contributed by atoms with van der Waals surface area (Å²) in [6.07, 6.45) is -7.14. The highest BCUT2D eigenvalue weighted by atomic mass is 28.4. The molecule has 23 heteroatoms. The molecule has 0 amide bonds. The number of rotatable bonds is 22. The summed E-state index contributed by atoms with van der Waals surface area (Å²) in [6, 6.07) is 4.51. The minimum atomic E-state index is -8.68.